The Morgan fingerprint density at radius 2 is 1.95 bits per heavy atom. The van der Waals surface area contributed by atoms with Crippen LogP contribution in [-0.4, -0.2) is 37.1 Å². The maximum atomic E-state index is 12.7. The highest BCUT2D eigenvalue weighted by molar-refractivity contribution is 5.79. The molecule has 0 aromatic heterocycles. The van der Waals surface area contributed by atoms with Crippen LogP contribution in [0.1, 0.15) is 45.3 Å². The number of rotatable bonds is 5. The van der Waals surface area contributed by atoms with Crippen molar-refractivity contribution in [1.29, 1.82) is 0 Å². The first-order valence-electron chi connectivity index (χ1n) is 8.16. The maximum Gasteiger partial charge on any atom is 0.226 e. The third-order valence-electron chi connectivity index (χ3n) is 4.54. The van der Waals surface area contributed by atoms with E-state index in [1.165, 1.54) is 0 Å². The topological polar surface area (TPSA) is 38.8 Å². The van der Waals surface area contributed by atoms with Crippen molar-refractivity contribution in [2.24, 2.45) is 5.92 Å². The van der Waals surface area contributed by atoms with Crippen LogP contribution in [0, 0.1) is 5.92 Å². The van der Waals surface area contributed by atoms with Crippen molar-refractivity contribution >= 4 is 5.91 Å². The van der Waals surface area contributed by atoms with Crippen LogP contribution in [0.5, 0.6) is 5.75 Å². The van der Waals surface area contributed by atoms with Gasteiger partial charge in [0.15, 0.2) is 0 Å². The fraction of sp³-hybridized carbons (Fsp3) is 0.611. The van der Waals surface area contributed by atoms with Gasteiger partial charge in [-0.05, 0) is 37.5 Å². The first-order chi connectivity index (χ1) is 10.6. The summed E-state index contributed by atoms with van der Waals surface area (Å²) in [6, 6.07) is 8.04. The lowest BCUT2D eigenvalue weighted by Crippen LogP contribution is -2.50. The number of methoxy groups -OCH3 is 1. The second kappa shape index (κ2) is 7.63. The summed E-state index contributed by atoms with van der Waals surface area (Å²) in [6.07, 6.45) is 1.74. The first-order valence-corrected chi connectivity index (χ1v) is 8.16. The lowest BCUT2D eigenvalue weighted by molar-refractivity contribution is -0.149. The number of carbonyl (C=O) groups is 1. The van der Waals surface area contributed by atoms with Crippen LogP contribution in [0.4, 0.5) is 0 Å². The molecule has 22 heavy (non-hydrogen) atoms. The Balaban J connectivity index is 2.11. The highest BCUT2D eigenvalue weighted by Crippen LogP contribution is 2.28. The van der Waals surface area contributed by atoms with Crippen LogP contribution in [-0.2, 0) is 9.53 Å². The summed E-state index contributed by atoms with van der Waals surface area (Å²) in [5.74, 6) is 1.22. The van der Waals surface area contributed by atoms with Crippen molar-refractivity contribution in [3.63, 3.8) is 0 Å². The van der Waals surface area contributed by atoms with Crippen molar-refractivity contribution < 1.29 is 14.3 Å². The molecule has 0 aliphatic carbocycles. The molecule has 4 heteroatoms. The van der Waals surface area contributed by atoms with Gasteiger partial charge in [0.25, 0.3) is 0 Å². The van der Waals surface area contributed by atoms with Gasteiger partial charge in [-0.2, -0.15) is 0 Å². The van der Waals surface area contributed by atoms with Gasteiger partial charge in [0, 0.05) is 5.92 Å². The maximum absolute atomic E-state index is 12.7. The smallest absolute Gasteiger partial charge is 0.226 e. The molecule has 1 amide bonds. The average molecular weight is 305 g/mol. The van der Waals surface area contributed by atoms with Gasteiger partial charge in [-0.1, -0.05) is 26.0 Å². The third kappa shape index (κ3) is 3.61. The Labute approximate surface area is 133 Å². The summed E-state index contributed by atoms with van der Waals surface area (Å²) in [5.41, 5.74) is 1.09. The van der Waals surface area contributed by atoms with Gasteiger partial charge in [0.2, 0.25) is 5.91 Å². The quantitative estimate of drug-likeness (QED) is 0.836. The third-order valence-corrected chi connectivity index (χ3v) is 4.54. The molecule has 1 heterocycles. The number of hydrogen-bond acceptors (Lipinski definition) is 3. The van der Waals surface area contributed by atoms with E-state index in [2.05, 4.69) is 20.8 Å². The number of nitrogens with zero attached hydrogens (tertiary/aromatic N) is 1. The van der Waals surface area contributed by atoms with E-state index in [9.17, 15) is 4.79 Å². The number of morpholine rings is 1. The van der Waals surface area contributed by atoms with E-state index in [1.54, 1.807) is 7.11 Å². The van der Waals surface area contributed by atoms with E-state index in [0.29, 0.717) is 13.2 Å². The van der Waals surface area contributed by atoms with Crippen molar-refractivity contribution in [2.75, 3.05) is 20.3 Å². The zero-order valence-electron chi connectivity index (χ0n) is 14.0. The molecule has 2 atom stereocenters. The Kier molecular flexibility index (Phi) is 5.83. The normalized spacial score (nSPS) is 22.0. The molecule has 0 saturated carbocycles. The second-order valence-electron chi connectivity index (χ2n) is 5.95. The van der Waals surface area contributed by atoms with Crippen molar-refractivity contribution in [1.82, 2.24) is 4.90 Å². The summed E-state index contributed by atoms with van der Waals surface area (Å²) >= 11 is 0. The molecule has 2 unspecified atom stereocenters. The Morgan fingerprint density at radius 1 is 1.32 bits per heavy atom. The van der Waals surface area contributed by atoms with E-state index < -0.39 is 0 Å². The molecule has 1 aromatic carbocycles. The Morgan fingerprint density at radius 3 is 2.50 bits per heavy atom. The fourth-order valence-corrected chi connectivity index (χ4v) is 2.96. The minimum absolute atomic E-state index is 0.0552. The molecule has 0 radical (unpaired) electrons. The first kappa shape index (κ1) is 16.8. The molecular formula is C18H27NO3. The van der Waals surface area contributed by atoms with Crippen LogP contribution in [0.2, 0.25) is 0 Å². The van der Waals surface area contributed by atoms with Crippen LogP contribution in [0.25, 0.3) is 0 Å². The fourth-order valence-electron chi connectivity index (χ4n) is 2.96. The second-order valence-corrected chi connectivity index (χ2v) is 5.95. The molecule has 0 spiro atoms. The van der Waals surface area contributed by atoms with Crippen LogP contribution >= 0.6 is 0 Å². The molecule has 2 rings (SSSR count). The van der Waals surface area contributed by atoms with Gasteiger partial charge >= 0.3 is 0 Å². The molecule has 1 aliphatic heterocycles. The summed E-state index contributed by atoms with van der Waals surface area (Å²) < 4.78 is 11.1. The molecule has 1 saturated heterocycles. The Hall–Kier alpha value is -1.55. The van der Waals surface area contributed by atoms with Crippen LogP contribution in [0.15, 0.2) is 24.3 Å². The summed E-state index contributed by atoms with van der Waals surface area (Å²) in [7, 11) is 1.66. The van der Waals surface area contributed by atoms with Gasteiger partial charge in [0.05, 0.1) is 26.3 Å². The van der Waals surface area contributed by atoms with Gasteiger partial charge in [-0.25, -0.2) is 0 Å². The number of amides is 1. The SMILES string of the molecule is CCC(CC)C(=O)N1CC(c2ccc(OC)cc2)OCC1C. The van der Waals surface area contributed by atoms with Crippen LogP contribution in [0.3, 0.4) is 0 Å². The molecule has 4 nitrogen and oxygen atoms in total. The van der Waals surface area contributed by atoms with E-state index in [1.807, 2.05) is 29.2 Å². The number of hydrogen-bond donors (Lipinski definition) is 0. The van der Waals surface area contributed by atoms with Crippen LogP contribution < -0.4 is 4.74 Å². The van der Waals surface area contributed by atoms with Crippen molar-refractivity contribution in [3.8, 4) is 5.75 Å². The largest absolute Gasteiger partial charge is 0.497 e. The molecular weight excluding hydrogens is 278 g/mol. The lowest BCUT2D eigenvalue weighted by atomic mass is 9.99. The van der Waals surface area contributed by atoms with E-state index >= 15 is 0 Å². The van der Waals surface area contributed by atoms with Gasteiger partial charge < -0.3 is 14.4 Å². The van der Waals surface area contributed by atoms with E-state index in [-0.39, 0.29) is 24.0 Å². The van der Waals surface area contributed by atoms with Crippen molar-refractivity contribution in [2.45, 2.75) is 45.8 Å². The lowest BCUT2D eigenvalue weighted by Gasteiger charge is -2.39. The molecule has 1 fully saturated rings. The number of ether oxygens (including phenoxy) is 2. The number of benzene rings is 1. The minimum atomic E-state index is -0.0552. The highest BCUT2D eigenvalue weighted by Gasteiger charge is 2.32. The molecule has 1 aromatic rings. The summed E-state index contributed by atoms with van der Waals surface area (Å²) in [4.78, 5) is 14.7. The predicted molar refractivity (Wildman–Crippen MR) is 86.9 cm³/mol. The highest BCUT2D eigenvalue weighted by atomic mass is 16.5. The van der Waals surface area contributed by atoms with E-state index in [4.69, 9.17) is 9.47 Å². The van der Waals surface area contributed by atoms with E-state index in [0.717, 1.165) is 24.2 Å². The zero-order valence-corrected chi connectivity index (χ0v) is 14.0. The molecule has 1 aliphatic rings. The summed E-state index contributed by atoms with van der Waals surface area (Å²) in [5, 5.41) is 0. The van der Waals surface area contributed by atoms with Gasteiger partial charge in [-0.15, -0.1) is 0 Å². The molecule has 122 valence electrons. The van der Waals surface area contributed by atoms with Gasteiger partial charge in [-0.3, -0.25) is 4.79 Å². The molecule has 0 bridgehead atoms. The Bertz CT molecular complexity index is 482. The summed E-state index contributed by atoms with van der Waals surface area (Å²) in [6.45, 7) is 7.44. The monoisotopic (exact) mass is 305 g/mol. The zero-order chi connectivity index (χ0) is 16.1. The van der Waals surface area contributed by atoms with Crippen molar-refractivity contribution in [3.05, 3.63) is 29.8 Å². The standard InChI is InChI=1S/C18H27NO3/c1-5-14(6-2)18(20)19-11-17(22-12-13(19)3)15-7-9-16(21-4)10-8-15/h7-10,13-14,17H,5-6,11-12H2,1-4H3. The minimum Gasteiger partial charge on any atom is -0.497 e. The number of carbonyl (C=O) groups excluding carboxylic acids is 1. The predicted octanol–water partition coefficient (Wildman–Crippen LogP) is 3.42. The van der Waals surface area contributed by atoms with Gasteiger partial charge in [0.1, 0.15) is 11.9 Å². The average Bonchev–Trinajstić information content (AvgIpc) is 2.56. The molecule has 0 N–H and O–H groups in total.